The molecular weight excluding hydrogens is 388 g/mol. The van der Waals surface area contributed by atoms with Crippen LogP contribution in [-0.2, 0) is 13.1 Å². The van der Waals surface area contributed by atoms with Crippen molar-refractivity contribution in [3.8, 4) is 0 Å². The van der Waals surface area contributed by atoms with Crippen LogP contribution >= 0.6 is 0 Å². The SMILES string of the molecule is Cc1cc(C)c(CN2C=[N+](Cc3c(C)cc(C)cc3C)C3CCCCC32)c(C)c1.[Cl-]. The maximum Gasteiger partial charge on any atom is 0.235 e. The van der Waals surface area contributed by atoms with Crippen molar-refractivity contribution in [1.82, 2.24) is 4.90 Å². The van der Waals surface area contributed by atoms with Crippen LogP contribution in [0.5, 0.6) is 0 Å². The van der Waals surface area contributed by atoms with Gasteiger partial charge in [-0.1, -0.05) is 35.4 Å². The minimum absolute atomic E-state index is 0. The van der Waals surface area contributed by atoms with Gasteiger partial charge in [-0.05, 0) is 101 Å². The first-order valence-electron chi connectivity index (χ1n) is 11.3. The average Bonchev–Trinajstić information content (AvgIpc) is 2.99. The second-order valence-electron chi connectivity index (χ2n) is 9.63. The van der Waals surface area contributed by atoms with Crippen molar-refractivity contribution in [2.75, 3.05) is 0 Å². The molecule has 1 aliphatic carbocycles. The topological polar surface area (TPSA) is 6.25 Å². The van der Waals surface area contributed by atoms with Crippen molar-refractivity contribution in [1.29, 1.82) is 0 Å². The van der Waals surface area contributed by atoms with E-state index in [1.165, 1.54) is 70.2 Å². The minimum atomic E-state index is 0. The number of fused-ring (bicyclic) bond motifs is 1. The summed E-state index contributed by atoms with van der Waals surface area (Å²) in [6.45, 7) is 15.6. The van der Waals surface area contributed by atoms with Crippen LogP contribution in [0.4, 0.5) is 0 Å². The fourth-order valence-electron chi connectivity index (χ4n) is 5.83. The summed E-state index contributed by atoms with van der Waals surface area (Å²) in [5.41, 5.74) is 11.5. The third kappa shape index (κ3) is 4.44. The van der Waals surface area contributed by atoms with Gasteiger partial charge in [0.2, 0.25) is 6.34 Å². The Labute approximate surface area is 189 Å². The van der Waals surface area contributed by atoms with Gasteiger partial charge in [-0.2, -0.15) is 0 Å². The predicted molar refractivity (Wildman–Crippen MR) is 123 cm³/mol. The highest BCUT2D eigenvalue weighted by Crippen LogP contribution is 2.32. The van der Waals surface area contributed by atoms with E-state index < -0.39 is 0 Å². The van der Waals surface area contributed by atoms with Gasteiger partial charge >= 0.3 is 0 Å². The number of aryl methyl sites for hydroxylation is 6. The molecule has 0 saturated heterocycles. The zero-order valence-corrected chi connectivity index (χ0v) is 20.3. The molecule has 0 radical (unpaired) electrons. The number of rotatable bonds is 4. The average molecular weight is 425 g/mol. The van der Waals surface area contributed by atoms with Gasteiger partial charge in [0.05, 0.1) is 0 Å². The maximum atomic E-state index is 2.66. The molecule has 0 N–H and O–H groups in total. The summed E-state index contributed by atoms with van der Waals surface area (Å²) in [5.74, 6) is 0. The first-order valence-corrected chi connectivity index (χ1v) is 11.3. The lowest BCUT2D eigenvalue weighted by Crippen LogP contribution is -3.00. The van der Waals surface area contributed by atoms with Gasteiger partial charge < -0.3 is 12.4 Å². The summed E-state index contributed by atoms with van der Waals surface area (Å²) in [7, 11) is 0. The second kappa shape index (κ2) is 9.14. The molecule has 1 aliphatic heterocycles. The van der Waals surface area contributed by atoms with Crippen molar-refractivity contribution in [3.63, 3.8) is 0 Å². The first kappa shape index (κ1) is 22.9. The fraction of sp³-hybridized carbons (Fsp3) is 0.519. The molecule has 0 aromatic heterocycles. The zero-order valence-electron chi connectivity index (χ0n) is 19.6. The van der Waals surface area contributed by atoms with E-state index in [-0.39, 0.29) is 12.4 Å². The van der Waals surface area contributed by atoms with Gasteiger partial charge in [0.1, 0.15) is 25.2 Å². The maximum absolute atomic E-state index is 2.66. The van der Waals surface area contributed by atoms with Gasteiger partial charge in [-0.3, -0.25) is 9.48 Å². The monoisotopic (exact) mass is 424 g/mol. The molecular formula is C27H37ClN2. The third-order valence-electron chi connectivity index (χ3n) is 7.20. The van der Waals surface area contributed by atoms with Gasteiger partial charge in [-0.25, -0.2) is 0 Å². The zero-order chi connectivity index (χ0) is 20.7. The molecule has 0 spiro atoms. The lowest BCUT2D eigenvalue weighted by molar-refractivity contribution is -0.574. The van der Waals surface area contributed by atoms with Gasteiger partial charge in [0.15, 0.2) is 0 Å². The fourth-order valence-corrected chi connectivity index (χ4v) is 5.83. The van der Waals surface area contributed by atoms with Crippen LogP contribution in [0.1, 0.15) is 70.2 Å². The van der Waals surface area contributed by atoms with Crippen LogP contribution in [0.15, 0.2) is 24.3 Å². The molecule has 1 saturated carbocycles. The normalized spacial score (nSPS) is 20.6. The Balaban J connectivity index is 0.00000256. The van der Waals surface area contributed by atoms with E-state index in [0.29, 0.717) is 12.1 Å². The highest BCUT2D eigenvalue weighted by atomic mass is 35.5. The molecule has 3 heteroatoms. The highest BCUT2D eigenvalue weighted by Gasteiger charge is 2.43. The van der Waals surface area contributed by atoms with Crippen LogP contribution in [0.25, 0.3) is 0 Å². The second-order valence-corrected chi connectivity index (χ2v) is 9.63. The summed E-state index contributed by atoms with van der Waals surface area (Å²) in [4.78, 5) is 2.66. The third-order valence-corrected chi connectivity index (χ3v) is 7.20. The van der Waals surface area contributed by atoms with Gasteiger partial charge in [0, 0.05) is 0 Å². The molecule has 2 aliphatic rings. The molecule has 1 fully saturated rings. The molecule has 30 heavy (non-hydrogen) atoms. The van der Waals surface area contributed by atoms with E-state index in [2.05, 4.69) is 81.6 Å². The molecule has 1 heterocycles. The number of nitrogens with zero attached hydrogens (tertiary/aromatic N) is 2. The molecule has 2 aromatic rings. The number of halogens is 1. The Bertz CT molecular complexity index is 913. The highest BCUT2D eigenvalue weighted by molar-refractivity contribution is 5.54. The summed E-state index contributed by atoms with van der Waals surface area (Å²) >= 11 is 0. The van der Waals surface area contributed by atoms with Crippen molar-refractivity contribution < 1.29 is 17.0 Å². The van der Waals surface area contributed by atoms with E-state index >= 15 is 0 Å². The molecule has 162 valence electrons. The quantitative estimate of drug-likeness (QED) is 0.684. The number of hydrogen-bond acceptors (Lipinski definition) is 1. The van der Waals surface area contributed by atoms with Crippen LogP contribution in [-0.4, -0.2) is 27.9 Å². The van der Waals surface area contributed by atoms with E-state index in [4.69, 9.17) is 0 Å². The van der Waals surface area contributed by atoms with Crippen molar-refractivity contribution in [2.45, 2.75) is 92.4 Å². The standard InChI is InChI=1S/C27H37N2.ClH/c1-18-11-20(3)24(21(4)12-18)15-28-17-29(27-10-8-7-9-26(27)28)16-25-22(5)13-19(2)14-23(25)6;/h11-14,17,26-27H,7-10,15-16H2,1-6H3;1H/q+1;/p-1. The molecule has 0 amide bonds. The van der Waals surface area contributed by atoms with Crippen LogP contribution < -0.4 is 12.4 Å². The van der Waals surface area contributed by atoms with Crippen LogP contribution in [0.3, 0.4) is 0 Å². The summed E-state index contributed by atoms with van der Waals surface area (Å²) in [5, 5.41) is 0. The van der Waals surface area contributed by atoms with Crippen molar-refractivity contribution in [2.24, 2.45) is 0 Å². The number of benzene rings is 2. The first-order chi connectivity index (χ1) is 13.8. The van der Waals surface area contributed by atoms with Crippen LogP contribution in [0, 0.1) is 41.5 Å². The van der Waals surface area contributed by atoms with Gasteiger partial charge in [-0.15, -0.1) is 0 Å². The van der Waals surface area contributed by atoms with E-state index in [0.717, 1.165) is 13.1 Å². The lowest BCUT2D eigenvalue weighted by Gasteiger charge is -2.28. The smallest absolute Gasteiger partial charge is 0.235 e. The summed E-state index contributed by atoms with van der Waals surface area (Å²) in [6, 6.07) is 10.7. The summed E-state index contributed by atoms with van der Waals surface area (Å²) < 4.78 is 2.66. The Hall–Kier alpha value is -1.80. The molecule has 2 unspecified atom stereocenters. The molecule has 4 rings (SSSR count). The largest absolute Gasteiger partial charge is 1.00 e. The Morgan fingerprint density at radius 2 is 1.27 bits per heavy atom. The van der Waals surface area contributed by atoms with E-state index in [1.54, 1.807) is 0 Å². The minimum Gasteiger partial charge on any atom is -1.00 e. The molecule has 0 bridgehead atoms. The van der Waals surface area contributed by atoms with Crippen molar-refractivity contribution in [3.05, 3.63) is 68.8 Å². The van der Waals surface area contributed by atoms with E-state index in [1.807, 2.05) is 0 Å². The summed E-state index contributed by atoms with van der Waals surface area (Å²) in [6.07, 6.45) is 7.86. The Morgan fingerprint density at radius 1 is 0.767 bits per heavy atom. The Kier molecular flexibility index (Phi) is 6.97. The lowest BCUT2D eigenvalue weighted by atomic mass is 9.89. The van der Waals surface area contributed by atoms with Crippen LogP contribution in [0.2, 0.25) is 0 Å². The van der Waals surface area contributed by atoms with E-state index in [9.17, 15) is 0 Å². The molecule has 2 aromatic carbocycles. The molecule has 2 nitrogen and oxygen atoms in total. The van der Waals surface area contributed by atoms with Crippen molar-refractivity contribution >= 4 is 6.34 Å². The Morgan fingerprint density at radius 3 is 1.83 bits per heavy atom. The number of hydrogen-bond donors (Lipinski definition) is 0. The molecule has 2 atom stereocenters. The van der Waals surface area contributed by atoms with Gasteiger partial charge in [0.25, 0.3) is 0 Å². The predicted octanol–water partition coefficient (Wildman–Crippen LogP) is 2.91.